The second-order valence-corrected chi connectivity index (χ2v) is 6.64. The maximum Gasteiger partial charge on any atom is 0.261 e. The quantitative estimate of drug-likeness (QED) is 0.518. The topological polar surface area (TPSA) is 80.4 Å². The largest absolute Gasteiger partial charge is 0.497 e. The molecule has 0 aliphatic rings. The highest BCUT2D eigenvalue weighted by Crippen LogP contribution is 2.37. The van der Waals surface area contributed by atoms with E-state index in [0.717, 1.165) is 11.1 Å². The Labute approximate surface area is 173 Å². The van der Waals surface area contributed by atoms with Crippen molar-refractivity contribution in [2.45, 2.75) is 0 Å². The van der Waals surface area contributed by atoms with E-state index in [9.17, 15) is 9.59 Å². The highest BCUT2D eigenvalue weighted by molar-refractivity contribution is 6.07. The number of aromatic amines is 1. The summed E-state index contributed by atoms with van der Waals surface area (Å²) in [5.41, 5.74) is 2.54. The van der Waals surface area contributed by atoms with Gasteiger partial charge in [-0.15, -0.1) is 0 Å². The van der Waals surface area contributed by atoms with Crippen LogP contribution < -0.4 is 20.2 Å². The number of fused-ring (bicyclic) bond motifs is 1. The number of carbonyl (C=O) groups is 1. The van der Waals surface area contributed by atoms with Crippen LogP contribution in [0.15, 0.2) is 77.7 Å². The van der Waals surface area contributed by atoms with Gasteiger partial charge in [-0.1, -0.05) is 30.3 Å². The Balaban J connectivity index is 1.73. The van der Waals surface area contributed by atoms with E-state index in [1.165, 1.54) is 6.20 Å². The number of nitrogens with one attached hydrogen (secondary N) is 2. The van der Waals surface area contributed by atoms with E-state index in [4.69, 9.17) is 9.47 Å². The first-order valence-corrected chi connectivity index (χ1v) is 9.35. The molecule has 30 heavy (non-hydrogen) atoms. The fourth-order valence-corrected chi connectivity index (χ4v) is 3.37. The summed E-state index contributed by atoms with van der Waals surface area (Å²) in [7, 11) is 3.16. The van der Waals surface area contributed by atoms with Gasteiger partial charge in [-0.3, -0.25) is 9.59 Å². The molecule has 0 radical (unpaired) electrons. The molecule has 2 N–H and O–H groups in total. The lowest BCUT2D eigenvalue weighted by molar-refractivity contribution is 0.102. The van der Waals surface area contributed by atoms with Crippen LogP contribution in [0, 0.1) is 0 Å². The molecule has 0 aliphatic carbocycles. The molecule has 4 aromatic rings. The molecule has 0 saturated carbocycles. The standard InChI is InChI=1S/C24H20N2O4/c1-29-15-11-12-17(22(13-15)30-2)16-7-3-6-10-21(16)26-24(28)19-14-25-20-9-5-4-8-18(20)23(19)27/h3-14H,1-2H3,(H,25,27)(H,26,28). The maximum atomic E-state index is 12.9. The molecule has 0 bridgehead atoms. The third-order valence-electron chi connectivity index (χ3n) is 4.91. The number of H-pyrrole nitrogens is 1. The third kappa shape index (κ3) is 3.51. The summed E-state index contributed by atoms with van der Waals surface area (Å²) < 4.78 is 10.8. The smallest absolute Gasteiger partial charge is 0.261 e. The predicted octanol–water partition coefficient (Wildman–Crippen LogP) is 4.46. The van der Waals surface area contributed by atoms with Gasteiger partial charge in [0.2, 0.25) is 5.43 Å². The van der Waals surface area contributed by atoms with Crippen LogP contribution in [0.25, 0.3) is 22.0 Å². The molecule has 6 heteroatoms. The van der Waals surface area contributed by atoms with E-state index in [1.807, 2.05) is 36.4 Å². The van der Waals surface area contributed by atoms with Crippen LogP contribution >= 0.6 is 0 Å². The summed E-state index contributed by atoms with van der Waals surface area (Å²) in [5, 5.41) is 3.33. The Morgan fingerprint density at radius 2 is 1.67 bits per heavy atom. The van der Waals surface area contributed by atoms with Crippen molar-refractivity contribution in [2.75, 3.05) is 19.5 Å². The van der Waals surface area contributed by atoms with E-state index < -0.39 is 5.91 Å². The minimum atomic E-state index is -0.484. The van der Waals surface area contributed by atoms with Crippen molar-refractivity contribution in [1.29, 1.82) is 0 Å². The number of hydrogen-bond acceptors (Lipinski definition) is 4. The Kier molecular flexibility index (Phi) is 5.22. The average Bonchev–Trinajstić information content (AvgIpc) is 2.79. The first-order valence-electron chi connectivity index (χ1n) is 9.35. The highest BCUT2D eigenvalue weighted by atomic mass is 16.5. The van der Waals surface area contributed by atoms with Gasteiger partial charge in [0.25, 0.3) is 5.91 Å². The second-order valence-electron chi connectivity index (χ2n) is 6.64. The number of hydrogen-bond donors (Lipinski definition) is 2. The lowest BCUT2D eigenvalue weighted by Crippen LogP contribution is -2.22. The van der Waals surface area contributed by atoms with Crippen LogP contribution in [0.5, 0.6) is 11.5 Å². The zero-order valence-corrected chi connectivity index (χ0v) is 16.6. The molecule has 3 aromatic carbocycles. The molecule has 1 aromatic heterocycles. The summed E-state index contributed by atoms with van der Waals surface area (Å²) >= 11 is 0. The van der Waals surface area contributed by atoms with Crippen molar-refractivity contribution < 1.29 is 14.3 Å². The number of aromatic nitrogens is 1. The predicted molar refractivity (Wildman–Crippen MR) is 118 cm³/mol. The van der Waals surface area contributed by atoms with Gasteiger partial charge < -0.3 is 19.8 Å². The van der Waals surface area contributed by atoms with Crippen LogP contribution in [0.1, 0.15) is 10.4 Å². The van der Waals surface area contributed by atoms with Crippen molar-refractivity contribution in [3.63, 3.8) is 0 Å². The van der Waals surface area contributed by atoms with Crippen LogP contribution in [0.3, 0.4) is 0 Å². The van der Waals surface area contributed by atoms with Gasteiger partial charge >= 0.3 is 0 Å². The van der Waals surface area contributed by atoms with Crippen molar-refractivity contribution in [2.24, 2.45) is 0 Å². The van der Waals surface area contributed by atoms with Gasteiger partial charge in [0.05, 0.1) is 14.2 Å². The lowest BCUT2D eigenvalue weighted by Gasteiger charge is -2.15. The number of anilines is 1. The molecule has 0 atom stereocenters. The van der Waals surface area contributed by atoms with Crippen LogP contribution in [0.2, 0.25) is 0 Å². The molecule has 1 amide bonds. The minimum absolute atomic E-state index is 0.0465. The van der Waals surface area contributed by atoms with Crippen molar-refractivity contribution in [1.82, 2.24) is 4.98 Å². The fourth-order valence-electron chi connectivity index (χ4n) is 3.37. The number of methoxy groups -OCH3 is 2. The summed E-state index contributed by atoms with van der Waals surface area (Å²) in [6.45, 7) is 0. The number of amides is 1. The molecule has 150 valence electrons. The number of para-hydroxylation sites is 2. The number of benzene rings is 3. The van der Waals surface area contributed by atoms with E-state index in [0.29, 0.717) is 28.1 Å². The van der Waals surface area contributed by atoms with Crippen molar-refractivity contribution >= 4 is 22.5 Å². The van der Waals surface area contributed by atoms with Gasteiger partial charge in [0.15, 0.2) is 0 Å². The molecular weight excluding hydrogens is 380 g/mol. The molecule has 0 saturated heterocycles. The van der Waals surface area contributed by atoms with Gasteiger partial charge in [-0.2, -0.15) is 0 Å². The Hall–Kier alpha value is -4.06. The summed E-state index contributed by atoms with van der Waals surface area (Å²) in [6, 6.07) is 19.9. The third-order valence-corrected chi connectivity index (χ3v) is 4.91. The Morgan fingerprint density at radius 3 is 2.47 bits per heavy atom. The molecule has 6 nitrogen and oxygen atoms in total. The summed E-state index contributed by atoms with van der Waals surface area (Å²) in [5.74, 6) is 0.793. The Morgan fingerprint density at radius 1 is 0.900 bits per heavy atom. The molecule has 0 aliphatic heterocycles. The second kappa shape index (κ2) is 8.13. The molecule has 1 heterocycles. The zero-order chi connectivity index (χ0) is 21.1. The first kappa shape index (κ1) is 19.3. The molecule has 4 rings (SSSR count). The first-order chi connectivity index (χ1) is 14.6. The minimum Gasteiger partial charge on any atom is -0.497 e. The summed E-state index contributed by atoms with van der Waals surface area (Å²) in [6.07, 6.45) is 1.44. The van der Waals surface area contributed by atoms with Gasteiger partial charge in [0.1, 0.15) is 17.1 Å². The SMILES string of the molecule is COc1ccc(-c2ccccc2NC(=O)c2c[nH]c3ccccc3c2=O)c(OC)c1. The van der Waals surface area contributed by atoms with Gasteiger partial charge in [0, 0.05) is 40.0 Å². The van der Waals surface area contributed by atoms with Crippen molar-refractivity contribution in [3.8, 4) is 22.6 Å². The fraction of sp³-hybridized carbons (Fsp3) is 0.0833. The van der Waals surface area contributed by atoms with Crippen molar-refractivity contribution in [3.05, 3.63) is 88.7 Å². The molecule has 0 fully saturated rings. The lowest BCUT2D eigenvalue weighted by atomic mass is 10.0. The zero-order valence-electron chi connectivity index (χ0n) is 16.6. The molecule has 0 unspecified atom stereocenters. The maximum absolute atomic E-state index is 12.9. The van der Waals surface area contributed by atoms with E-state index in [-0.39, 0.29) is 11.0 Å². The summed E-state index contributed by atoms with van der Waals surface area (Å²) in [4.78, 5) is 28.7. The van der Waals surface area contributed by atoms with E-state index in [2.05, 4.69) is 10.3 Å². The number of rotatable bonds is 5. The van der Waals surface area contributed by atoms with Gasteiger partial charge in [-0.25, -0.2) is 0 Å². The number of pyridine rings is 1. The number of ether oxygens (including phenoxy) is 2. The molecule has 0 spiro atoms. The molecular formula is C24H20N2O4. The van der Waals surface area contributed by atoms with Gasteiger partial charge in [-0.05, 0) is 30.3 Å². The Bertz CT molecular complexity index is 1290. The average molecular weight is 400 g/mol. The van der Waals surface area contributed by atoms with Crippen LogP contribution in [0.4, 0.5) is 5.69 Å². The van der Waals surface area contributed by atoms with Crippen LogP contribution in [-0.4, -0.2) is 25.1 Å². The monoisotopic (exact) mass is 400 g/mol. The van der Waals surface area contributed by atoms with E-state index >= 15 is 0 Å². The van der Waals surface area contributed by atoms with E-state index in [1.54, 1.807) is 44.6 Å². The normalized spacial score (nSPS) is 10.6. The highest BCUT2D eigenvalue weighted by Gasteiger charge is 2.17. The number of carbonyl (C=O) groups excluding carboxylic acids is 1. The van der Waals surface area contributed by atoms with Crippen LogP contribution in [-0.2, 0) is 0 Å².